The van der Waals surface area contributed by atoms with Gasteiger partial charge in [-0.1, -0.05) is 36.4 Å². The molecule has 7 nitrogen and oxygen atoms in total. The molecule has 0 aliphatic carbocycles. The third-order valence-corrected chi connectivity index (χ3v) is 6.77. The number of rotatable bonds is 7. The second kappa shape index (κ2) is 9.75. The Bertz CT molecular complexity index is 1550. The third-order valence-electron chi connectivity index (χ3n) is 6.77. The van der Waals surface area contributed by atoms with Crippen LogP contribution < -0.4 is 18.9 Å². The van der Waals surface area contributed by atoms with Gasteiger partial charge in [0.1, 0.15) is 6.07 Å². The Hall–Kier alpha value is -4.70. The molecule has 0 saturated carbocycles. The summed E-state index contributed by atoms with van der Waals surface area (Å²) in [4.78, 5) is 14.0. The van der Waals surface area contributed by atoms with E-state index in [1.165, 1.54) is 0 Å². The number of nitrogens with zero attached hydrogens (tertiary/aromatic N) is 2. The number of aromatic nitrogens is 1. The number of carbonyl (C=O) groups is 1. The van der Waals surface area contributed by atoms with Crippen LogP contribution in [0.15, 0.2) is 60.7 Å². The summed E-state index contributed by atoms with van der Waals surface area (Å²) in [6.45, 7) is 0.535. The molecular weight excluding hydrogens is 468 g/mol. The molecule has 1 aromatic heterocycles. The normalized spacial score (nSPS) is 11.6. The lowest BCUT2D eigenvalue weighted by Crippen LogP contribution is -2.17. The first-order valence-electron chi connectivity index (χ1n) is 11.8. The minimum atomic E-state index is -0.155. The molecule has 2 heterocycles. The molecule has 37 heavy (non-hydrogen) atoms. The number of fused-ring (bicyclic) bond motifs is 3. The fourth-order valence-electron chi connectivity index (χ4n) is 5.05. The van der Waals surface area contributed by atoms with Crippen LogP contribution in [0.4, 0.5) is 0 Å². The number of aryl methyl sites for hydroxylation is 1. The SMILES string of the molecule is COc1ccc(-c2c(C#N)c3n(c2C(=O)c2ccccc2)CCc2cc(OC)c(OC)cc2-3)cc1OC. The summed E-state index contributed by atoms with van der Waals surface area (Å²) in [5, 5.41) is 10.5. The molecule has 7 heteroatoms. The van der Waals surface area contributed by atoms with Crippen LogP contribution in [0.1, 0.15) is 27.2 Å². The Morgan fingerprint density at radius 3 is 2.14 bits per heavy atom. The van der Waals surface area contributed by atoms with Crippen molar-refractivity contribution in [3.05, 3.63) is 83.0 Å². The van der Waals surface area contributed by atoms with E-state index < -0.39 is 0 Å². The van der Waals surface area contributed by atoms with Gasteiger partial charge in [0.05, 0.1) is 45.4 Å². The Balaban J connectivity index is 1.85. The van der Waals surface area contributed by atoms with Gasteiger partial charge in [-0.25, -0.2) is 0 Å². The molecule has 0 atom stereocenters. The summed E-state index contributed by atoms with van der Waals surface area (Å²) in [5.74, 6) is 2.10. The minimum absolute atomic E-state index is 0.155. The summed E-state index contributed by atoms with van der Waals surface area (Å²) in [6, 6.07) is 20.8. The second-order valence-electron chi connectivity index (χ2n) is 8.59. The maximum Gasteiger partial charge on any atom is 0.210 e. The van der Waals surface area contributed by atoms with Crippen molar-refractivity contribution in [2.75, 3.05) is 28.4 Å². The first kappa shape index (κ1) is 24.0. The Labute approximate surface area is 215 Å². The molecule has 0 fully saturated rings. The van der Waals surface area contributed by atoms with Crippen LogP contribution in [0.25, 0.3) is 22.4 Å². The van der Waals surface area contributed by atoms with Crippen LogP contribution in [0, 0.1) is 11.3 Å². The highest BCUT2D eigenvalue weighted by Gasteiger charge is 2.33. The highest BCUT2D eigenvalue weighted by molar-refractivity contribution is 6.14. The number of carbonyl (C=O) groups excluding carboxylic acids is 1. The molecule has 0 spiro atoms. The molecule has 1 aliphatic heterocycles. The second-order valence-corrected chi connectivity index (χ2v) is 8.59. The summed E-state index contributed by atoms with van der Waals surface area (Å²) in [5.41, 5.74) is 5.24. The molecule has 0 amide bonds. The van der Waals surface area contributed by atoms with Crippen LogP contribution in [0.5, 0.6) is 23.0 Å². The standard InChI is InChI=1S/C30H26N2O5/c1-34-23-11-10-20(15-24(23)35-2)27-22(17-31)28-21-16-26(37-4)25(36-3)14-19(21)12-13-32(28)29(27)30(33)18-8-6-5-7-9-18/h5-11,14-16H,12-13H2,1-4H3. The van der Waals surface area contributed by atoms with Gasteiger partial charge >= 0.3 is 0 Å². The fraction of sp³-hybridized carbons (Fsp3) is 0.200. The number of ether oxygens (including phenoxy) is 4. The Morgan fingerprint density at radius 2 is 1.49 bits per heavy atom. The number of nitriles is 1. The van der Waals surface area contributed by atoms with Gasteiger partial charge in [-0.3, -0.25) is 4.79 Å². The van der Waals surface area contributed by atoms with Crippen molar-refractivity contribution in [1.82, 2.24) is 4.57 Å². The average Bonchev–Trinajstić information content (AvgIpc) is 3.30. The highest BCUT2D eigenvalue weighted by atomic mass is 16.5. The monoisotopic (exact) mass is 494 g/mol. The van der Waals surface area contributed by atoms with Crippen molar-refractivity contribution >= 4 is 5.78 Å². The molecule has 186 valence electrons. The van der Waals surface area contributed by atoms with E-state index in [9.17, 15) is 10.1 Å². The summed E-state index contributed by atoms with van der Waals surface area (Å²) in [7, 11) is 6.31. The van der Waals surface area contributed by atoms with E-state index >= 15 is 0 Å². The van der Waals surface area contributed by atoms with Crippen LogP contribution in [-0.4, -0.2) is 38.8 Å². The number of hydrogen-bond donors (Lipinski definition) is 0. The number of ketones is 1. The van der Waals surface area contributed by atoms with E-state index in [0.29, 0.717) is 69.6 Å². The largest absolute Gasteiger partial charge is 0.493 e. The van der Waals surface area contributed by atoms with E-state index in [0.717, 1.165) is 11.1 Å². The molecule has 0 unspecified atom stereocenters. The van der Waals surface area contributed by atoms with Crippen LogP contribution >= 0.6 is 0 Å². The van der Waals surface area contributed by atoms with Gasteiger partial charge in [0.2, 0.25) is 5.78 Å². The number of benzene rings is 3. The molecule has 0 bridgehead atoms. The van der Waals surface area contributed by atoms with Crippen LogP contribution in [0.3, 0.4) is 0 Å². The van der Waals surface area contributed by atoms with Gasteiger partial charge in [0, 0.05) is 23.2 Å². The van der Waals surface area contributed by atoms with Crippen molar-refractivity contribution in [2.45, 2.75) is 13.0 Å². The lowest BCUT2D eigenvalue weighted by atomic mass is 9.93. The van der Waals surface area contributed by atoms with Crippen molar-refractivity contribution in [3.63, 3.8) is 0 Å². The van der Waals surface area contributed by atoms with Gasteiger partial charge in [-0.2, -0.15) is 5.26 Å². The summed E-state index contributed by atoms with van der Waals surface area (Å²) >= 11 is 0. The predicted molar refractivity (Wildman–Crippen MR) is 140 cm³/mol. The van der Waals surface area contributed by atoms with Gasteiger partial charge in [0.25, 0.3) is 0 Å². The van der Waals surface area contributed by atoms with Crippen molar-refractivity contribution in [1.29, 1.82) is 5.26 Å². The number of methoxy groups -OCH3 is 4. The van der Waals surface area contributed by atoms with Gasteiger partial charge in [-0.05, 0) is 41.8 Å². The fourth-order valence-corrected chi connectivity index (χ4v) is 5.05. The molecule has 0 N–H and O–H groups in total. The zero-order chi connectivity index (χ0) is 26.1. The van der Waals surface area contributed by atoms with E-state index in [2.05, 4.69) is 6.07 Å². The highest BCUT2D eigenvalue weighted by Crippen LogP contribution is 2.46. The van der Waals surface area contributed by atoms with E-state index in [-0.39, 0.29) is 5.78 Å². The van der Waals surface area contributed by atoms with Crippen LogP contribution in [-0.2, 0) is 13.0 Å². The maximum absolute atomic E-state index is 14.0. The summed E-state index contributed by atoms with van der Waals surface area (Å²) in [6.07, 6.45) is 0.669. The zero-order valence-corrected chi connectivity index (χ0v) is 21.1. The van der Waals surface area contributed by atoms with Crippen molar-refractivity contribution in [3.8, 4) is 51.5 Å². The van der Waals surface area contributed by atoms with Crippen molar-refractivity contribution in [2.24, 2.45) is 0 Å². The molecule has 0 radical (unpaired) electrons. The minimum Gasteiger partial charge on any atom is -0.493 e. The first-order chi connectivity index (χ1) is 18.1. The molecule has 1 aliphatic rings. The molecule has 3 aromatic carbocycles. The van der Waals surface area contributed by atoms with Gasteiger partial charge in [0.15, 0.2) is 23.0 Å². The molecule has 0 saturated heterocycles. The Morgan fingerprint density at radius 1 is 0.838 bits per heavy atom. The maximum atomic E-state index is 14.0. The van der Waals surface area contributed by atoms with Gasteiger partial charge in [-0.15, -0.1) is 0 Å². The Kier molecular flexibility index (Phi) is 6.33. The van der Waals surface area contributed by atoms with Gasteiger partial charge < -0.3 is 23.5 Å². The molecule has 5 rings (SSSR count). The zero-order valence-electron chi connectivity index (χ0n) is 21.1. The lowest BCUT2D eigenvalue weighted by Gasteiger charge is -2.23. The van der Waals surface area contributed by atoms with E-state index in [1.54, 1.807) is 52.7 Å². The third kappa shape index (κ3) is 3.87. The van der Waals surface area contributed by atoms with Crippen molar-refractivity contribution < 1.29 is 23.7 Å². The first-order valence-corrected chi connectivity index (χ1v) is 11.8. The summed E-state index contributed by atoms with van der Waals surface area (Å²) < 4.78 is 24.0. The van der Waals surface area contributed by atoms with E-state index in [4.69, 9.17) is 18.9 Å². The average molecular weight is 495 g/mol. The molecule has 4 aromatic rings. The topological polar surface area (TPSA) is 82.7 Å². The quantitative estimate of drug-likeness (QED) is 0.315. The predicted octanol–water partition coefficient (Wildman–Crippen LogP) is 5.52. The van der Waals surface area contributed by atoms with E-state index in [1.807, 2.05) is 41.0 Å². The number of hydrogen-bond acceptors (Lipinski definition) is 6. The smallest absolute Gasteiger partial charge is 0.210 e. The lowest BCUT2D eigenvalue weighted by molar-refractivity contribution is 0.103. The molecular formula is C30H26N2O5. The van der Waals surface area contributed by atoms with Crippen LogP contribution in [0.2, 0.25) is 0 Å².